The van der Waals surface area contributed by atoms with E-state index in [4.69, 9.17) is 9.15 Å². The van der Waals surface area contributed by atoms with Gasteiger partial charge in [0.2, 0.25) is 0 Å². The molecule has 1 heterocycles. The number of hydrogen-bond donors (Lipinski definition) is 3. The third-order valence-corrected chi connectivity index (χ3v) is 5.44. The number of phenols is 1. The van der Waals surface area contributed by atoms with E-state index < -0.39 is 17.4 Å². The van der Waals surface area contributed by atoms with Crippen LogP contribution in [0.1, 0.15) is 48.9 Å². The quantitative estimate of drug-likeness (QED) is 0.312. The van der Waals surface area contributed by atoms with E-state index in [9.17, 15) is 24.5 Å². The van der Waals surface area contributed by atoms with Crippen LogP contribution in [0.3, 0.4) is 0 Å². The predicted octanol–water partition coefficient (Wildman–Crippen LogP) is 3.93. The van der Waals surface area contributed by atoms with Gasteiger partial charge in [0, 0.05) is 28.8 Å². The molecule has 6 nitrogen and oxygen atoms in total. The molecule has 0 aliphatic carbocycles. The Labute approximate surface area is 242 Å². The molecule has 0 aliphatic rings. The monoisotopic (exact) mass is 488 g/mol. The van der Waals surface area contributed by atoms with Gasteiger partial charge in [-0.15, -0.1) is 0 Å². The van der Waals surface area contributed by atoms with Crippen molar-refractivity contribution in [2.75, 3.05) is 0 Å². The van der Waals surface area contributed by atoms with E-state index in [1.54, 1.807) is 24.3 Å². The fourth-order valence-corrected chi connectivity index (χ4v) is 3.49. The predicted molar refractivity (Wildman–Crippen MR) is 131 cm³/mol. The zero-order valence-electron chi connectivity index (χ0n) is 17.8. The fraction of sp³-hybridized carbons (Fsp3) is 0.240. The molecule has 0 amide bonds. The average molecular weight is 488 g/mol. The second kappa shape index (κ2) is 13.5. The van der Waals surface area contributed by atoms with Crippen LogP contribution >= 0.6 is 0 Å². The van der Waals surface area contributed by atoms with Crippen LogP contribution in [0, 0.1) is 5.82 Å². The fourth-order valence-electron chi connectivity index (χ4n) is 3.49. The van der Waals surface area contributed by atoms with Crippen molar-refractivity contribution in [1.29, 1.82) is 0 Å². The first-order chi connectivity index (χ1) is 15.3. The SMILES string of the molecule is CCC(O)(CC)c1cc(F)cc(OCc2ccc(/C(=C\C(=O)O)c3ccoc3)c(O)c2)c1.[NaH].[NaH]. The number of carboxylic acids is 1. The molecule has 3 aromatic rings. The first kappa shape index (κ1) is 30.5. The molecule has 0 atom stereocenters. The summed E-state index contributed by atoms with van der Waals surface area (Å²) in [6.45, 7) is 3.70. The first-order valence-corrected chi connectivity index (χ1v) is 10.2. The topological polar surface area (TPSA) is 100 Å². The van der Waals surface area contributed by atoms with Gasteiger partial charge in [0.1, 0.15) is 23.9 Å². The Morgan fingerprint density at radius 1 is 1.12 bits per heavy atom. The Hall–Kier alpha value is -1.58. The maximum atomic E-state index is 14.1. The van der Waals surface area contributed by atoms with E-state index in [0.29, 0.717) is 40.7 Å². The molecule has 0 unspecified atom stereocenters. The summed E-state index contributed by atoms with van der Waals surface area (Å²) in [5.74, 6) is -1.55. The number of hydrogen-bond acceptors (Lipinski definition) is 5. The number of benzene rings is 2. The van der Waals surface area contributed by atoms with Crippen molar-refractivity contribution < 1.29 is 33.7 Å². The summed E-state index contributed by atoms with van der Waals surface area (Å²) in [6.07, 6.45) is 4.67. The number of aliphatic carboxylic acids is 1. The molecule has 0 aliphatic heterocycles. The minimum absolute atomic E-state index is 0. The van der Waals surface area contributed by atoms with Crippen LogP contribution in [0.25, 0.3) is 5.57 Å². The first-order valence-electron chi connectivity index (χ1n) is 10.2. The zero-order chi connectivity index (χ0) is 23.3. The summed E-state index contributed by atoms with van der Waals surface area (Å²) in [5, 5.41) is 30.4. The van der Waals surface area contributed by atoms with Crippen molar-refractivity contribution in [3.8, 4) is 11.5 Å². The number of carbonyl (C=O) groups is 1. The van der Waals surface area contributed by atoms with Crippen LogP contribution < -0.4 is 4.74 Å². The summed E-state index contributed by atoms with van der Waals surface area (Å²) >= 11 is 0. The molecule has 9 heteroatoms. The molecule has 3 rings (SSSR count). The van der Waals surface area contributed by atoms with Gasteiger partial charge in [0.15, 0.2) is 0 Å². The van der Waals surface area contributed by atoms with Crippen LogP contribution in [0.2, 0.25) is 0 Å². The number of phenolic OH excluding ortho intramolecular Hbond substituents is 1. The summed E-state index contributed by atoms with van der Waals surface area (Å²) in [4.78, 5) is 11.2. The van der Waals surface area contributed by atoms with E-state index in [-0.39, 0.29) is 77.2 Å². The normalized spacial score (nSPS) is 11.4. The van der Waals surface area contributed by atoms with Crippen molar-refractivity contribution in [3.63, 3.8) is 0 Å². The third kappa shape index (κ3) is 7.46. The Morgan fingerprint density at radius 2 is 1.82 bits per heavy atom. The molecular weight excluding hydrogens is 461 g/mol. The molecule has 2 aromatic carbocycles. The van der Waals surface area contributed by atoms with Gasteiger partial charge in [0.05, 0.1) is 18.1 Å². The van der Waals surface area contributed by atoms with Gasteiger partial charge >= 0.3 is 65.1 Å². The van der Waals surface area contributed by atoms with Gasteiger partial charge in [0.25, 0.3) is 0 Å². The van der Waals surface area contributed by atoms with Crippen LogP contribution in [0.5, 0.6) is 11.5 Å². The van der Waals surface area contributed by atoms with Crippen LogP contribution in [0.15, 0.2) is 65.5 Å². The third-order valence-electron chi connectivity index (χ3n) is 5.44. The molecule has 3 N–H and O–H groups in total. The van der Waals surface area contributed by atoms with Gasteiger partial charge in [-0.2, -0.15) is 0 Å². The van der Waals surface area contributed by atoms with Gasteiger partial charge in [-0.25, -0.2) is 9.18 Å². The standard InChI is InChI=1S/C25H25FO6.2Na.2H/c1-3-25(30,4-2)18-10-19(26)12-20(11-18)32-14-16-5-6-21(23(27)9-16)22(13-24(28)29)17-7-8-31-15-17;;;;/h5-13,15,27,30H,3-4,14H2,1-2H3,(H,28,29);;;;/b22-13-;;;;. The second-order valence-corrected chi connectivity index (χ2v) is 7.46. The van der Waals surface area contributed by atoms with Crippen molar-refractivity contribution >= 4 is 70.7 Å². The van der Waals surface area contributed by atoms with E-state index in [0.717, 1.165) is 6.08 Å². The van der Waals surface area contributed by atoms with E-state index in [1.807, 2.05) is 13.8 Å². The summed E-state index contributed by atoms with van der Waals surface area (Å²) in [6, 6.07) is 10.5. The Kier molecular flexibility index (Phi) is 12.1. The number of halogens is 1. The second-order valence-electron chi connectivity index (χ2n) is 7.46. The number of aromatic hydroxyl groups is 1. The Balaban J connectivity index is 0.00000289. The molecule has 0 spiro atoms. The average Bonchev–Trinajstić information content (AvgIpc) is 3.30. The summed E-state index contributed by atoms with van der Waals surface area (Å²) in [5.41, 5.74) is 1.03. The molecular formula is C25H27FNa2O6. The van der Waals surface area contributed by atoms with E-state index in [2.05, 4.69) is 0 Å². The maximum absolute atomic E-state index is 14.1. The minimum atomic E-state index is -1.16. The van der Waals surface area contributed by atoms with E-state index in [1.165, 1.54) is 30.7 Å². The van der Waals surface area contributed by atoms with Gasteiger partial charge in [-0.3, -0.25) is 0 Å². The van der Waals surface area contributed by atoms with Gasteiger partial charge < -0.3 is 24.5 Å². The number of aliphatic hydroxyl groups is 1. The van der Waals surface area contributed by atoms with Crippen LogP contribution in [-0.4, -0.2) is 80.4 Å². The van der Waals surface area contributed by atoms with Crippen molar-refractivity contribution in [2.24, 2.45) is 0 Å². The molecule has 1 aromatic heterocycles. The Morgan fingerprint density at radius 3 is 2.38 bits per heavy atom. The number of rotatable bonds is 9. The summed E-state index contributed by atoms with van der Waals surface area (Å²) in [7, 11) is 0. The number of furan rings is 1. The molecule has 172 valence electrons. The van der Waals surface area contributed by atoms with Gasteiger partial charge in [-0.1, -0.05) is 26.0 Å². The summed E-state index contributed by atoms with van der Waals surface area (Å²) < 4.78 is 24.8. The van der Waals surface area contributed by atoms with Crippen molar-refractivity contribution in [3.05, 3.63) is 89.1 Å². The molecule has 0 saturated heterocycles. The molecule has 0 fully saturated rings. The zero-order valence-corrected chi connectivity index (χ0v) is 17.8. The van der Waals surface area contributed by atoms with Gasteiger partial charge in [-0.05, 0) is 48.2 Å². The molecule has 0 bridgehead atoms. The molecule has 0 saturated carbocycles. The van der Waals surface area contributed by atoms with Crippen LogP contribution in [-0.2, 0) is 17.0 Å². The van der Waals surface area contributed by atoms with E-state index >= 15 is 0 Å². The number of ether oxygens (including phenoxy) is 1. The molecule has 34 heavy (non-hydrogen) atoms. The molecule has 0 radical (unpaired) electrons. The Bertz CT molecular complexity index is 1120. The van der Waals surface area contributed by atoms with Crippen molar-refractivity contribution in [1.82, 2.24) is 0 Å². The van der Waals surface area contributed by atoms with Crippen LogP contribution in [0.4, 0.5) is 4.39 Å². The number of carboxylic acid groups (broad SMARTS) is 1. The van der Waals surface area contributed by atoms with Crippen molar-refractivity contribution in [2.45, 2.75) is 38.9 Å².